The number of morpholine rings is 1. The molecule has 2 bridgehead atoms. The number of ether oxygens (including phenoxy) is 1. The molecular weight excluding hydrogens is 226 g/mol. The first kappa shape index (κ1) is 11.9. The third kappa shape index (κ3) is 2.09. The average molecular weight is 245 g/mol. The summed E-state index contributed by atoms with van der Waals surface area (Å²) in [5.41, 5.74) is 1.32. The molecule has 1 aromatic carbocycles. The zero-order chi connectivity index (χ0) is 12.6. The summed E-state index contributed by atoms with van der Waals surface area (Å²) in [5.74, 6) is 0. The van der Waals surface area contributed by atoms with Gasteiger partial charge in [-0.15, -0.1) is 0 Å². The lowest BCUT2D eigenvalue weighted by atomic mass is 9.78. The van der Waals surface area contributed by atoms with Crippen LogP contribution in [0, 0.1) is 0 Å². The minimum absolute atomic E-state index is 0.259. The van der Waals surface area contributed by atoms with E-state index in [0.29, 0.717) is 26.1 Å². The number of fused-ring (bicyclic) bond motifs is 2. The van der Waals surface area contributed by atoms with E-state index in [1.807, 2.05) is 30.3 Å². The maximum absolute atomic E-state index is 10.9. The van der Waals surface area contributed by atoms with Crippen LogP contribution in [0.3, 0.4) is 0 Å². The summed E-state index contributed by atoms with van der Waals surface area (Å²) in [5, 5.41) is 14.4. The Morgan fingerprint density at radius 1 is 1.33 bits per heavy atom. The SMILES string of the molecule is C=Cc1cccc(C2(O)CC3COCC(C2)N3)c1. The first-order valence-electron chi connectivity index (χ1n) is 6.49. The Morgan fingerprint density at radius 2 is 2.06 bits per heavy atom. The Bertz CT molecular complexity index is 446. The number of rotatable bonds is 2. The molecule has 96 valence electrons. The zero-order valence-electron chi connectivity index (χ0n) is 10.4. The minimum atomic E-state index is -0.733. The van der Waals surface area contributed by atoms with Crippen molar-refractivity contribution in [3.63, 3.8) is 0 Å². The van der Waals surface area contributed by atoms with Gasteiger partial charge in [0.1, 0.15) is 0 Å². The van der Waals surface area contributed by atoms with Crippen molar-refractivity contribution in [3.05, 3.63) is 42.0 Å². The van der Waals surface area contributed by atoms with Crippen molar-refractivity contribution in [1.29, 1.82) is 0 Å². The fourth-order valence-electron chi connectivity index (χ4n) is 3.11. The predicted molar refractivity (Wildman–Crippen MR) is 71.2 cm³/mol. The number of nitrogens with one attached hydrogen (secondary N) is 1. The molecule has 2 unspecified atom stereocenters. The maximum atomic E-state index is 10.9. The Labute approximate surface area is 107 Å². The van der Waals surface area contributed by atoms with E-state index >= 15 is 0 Å². The van der Waals surface area contributed by atoms with Crippen molar-refractivity contribution >= 4 is 6.08 Å². The molecule has 3 rings (SSSR count). The standard InChI is InChI=1S/C15H19NO2/c1-2-11-4-3-5-12(6-11)15(17)7-13-9-18-10-14(8-15)16-13/h2-6,13-14,16-17H,1,7-10H2. The molecule has 0 aliphatic carbocycles. The fraction of sp³-hybridized carbons (Fsp3) is 0.467. The Morgan fingerprint density at radius 3 is 2.72 bits per heavy atom. The Hall–Kier alpha value is -1.16. The molecule has 18 heavy (non-hydrogen) atoms. The highest BCUT2D eigenvalue weighted by molar-refractivity contribution is 5.49. The maximum Gasteiger partial charge on any atom is 0.0928 e. The van der Waals surface area contributed by atoms with E-state index in [1.54, 1.807) is 0 Å². The number of hydrogen-bond acceptors (Lipinski definition) is 3. The highest BCUT2D eigenvalue weighted by Crippen LogP contribution is 2.36. The number of benzene rings is 1. The molecule has 0 spiro atoms. The fourth-order valence-corrected chi connectivity index (χ4v) is 3.11. The summed E-state index contributed by atoms with van der Waals surface area (Å²) in [4.78, 5) is 0. The molecule has 2 N–H and O–H groups in total. The van der Waals surface area contributed by atoms with E-state index in [-0.39, 0.29) is 12.1 Å². The highest BCUT2D eigenvalue weighted by Gasteiger charge is 2.42. The van der Waals surface area contributed by atoms with Gasteiger partial charge in [-0.3, -0.25) is 0 Å². The van der Waals surface area contributed by atoms with Crippen LogP contribution < -0.4 is 5.32 Å². The van der Waals surface area contributed by atoms with Gasteiger partial charge in [0.05, 0.1) is 18.8 Å². The lowest BCUT2D eigenvalue weighted by Crippen LogP contribution is -2.58. The molecule has 1 aromatic rings. The van der Waals surface area contributed by atoms with E-state index in [9.17, 15) is 5.11 Å². The van der Waals surface area contributed by atoms with Gasteiger partial charge < -0.3 is 15.2 Å². The molecule has 2 fully saturated rings. The van der Waals surface area contributed by atoms with E-state index < -0.39 is 5.60 Å². The summed E-state index contributed by atoms with van der Waals surface area (Å²) in [6.07, 6.45) is 3.24. The second-order valence-electron chi connectivity index (χ2n) is 5.37. The molecule has 0 saturated carbocycles. The zero-order valence-corrected chi connectivity index (χ0v) is 10.4. The van der Waals surface area contributed by atoms with E-state index in [0.717, 1.165) is 11.1 Å². The van der Waals surface area contributed by atoms with Gasteiger partial charge in [0, 0.05) is 12.1 Å². The van der Waals surface area contributed by atoms with E-state index in [1.165, 1.54) is 0 Å². The quantitative estimate of drug-likeness (QED) is 0.832. The van der Waals surface area contributed by atoms with Crippen molar-refractivity contribution < 1.29 is 9.84 Å². The van der Waals surface area contributed by atoms with Crippen molar-refractivity contribution in [2.45, 2.75) is 30.5 Å². The van der Waals surface area contributed by atoms with Gasteiger partial charge in [0.15, 0.2) is 0 Å². The average Bonchev–Trinajstić information content (AvgIpc) is 2.38. The molecule has 2 aliphatic rings. The van der Waals surface area contributed by atoms with Gasteiger partial charge in [0.25, 0.3) is 0 Å². The lowest BCUT2D eigenvalue weighted by molar-refractivity contribution is -0.0802. The van der Waals surface area contributed by atoms with E-state index in [4.69, 9.17) is 4.74 Å². The molecule has 0 amide bonds. The van der Waals surface area contributed by atoms with Crippen molar-refractivity contribution in [2.75, 3.05) is 13.2 Å². The van der Waals surface area contributed by atoms with Crippen LogP contribution in [0.15, 0.2) is 30.8 Å². The van der Waals surface area contributed by atoms with E-state index in [2.05, 4.69) is 11.9 Å². The van der Waals surface area contributed by atoms with Crippen LogP contribution in [0.1, 0.15) is 24.0 Å². The van der Waals surface area contributed by atoms with Crippen molar-refractivity contribution in [3.8, 4) is 0 Å². The van der Waals surface area contributed by atoms with Crippen LogP contribution in [0.4, 0.5) is 0 Å². The van der Waals surface area contributed by atoms with Crippen LogP contribution in [0.5, 0.6) is 0 Å². The molecule has 3 nitrogen and oxygen atoms in total. The smallest absolute Gasteiger partial charge is 0.0928 e. The van der Waals surface area contributed by atoms with Crippen molar-refractivity contribution in [2.24, 2.45) is 0 Å². The monoisotopic (exact) mass is 245 g/mol. The predicted octanol–water partition coefficient (Wildman–Crippen LogP) is 1.67. The molecule has 0 radical (unpaired) electrons. The minimum Gasteiger partial charge on any atom is -0.385 e. The van der Waals surface area contributed by atoms with Gasteiger partial charge in [-0.25, -0.2) is 0 Å². The molecule has 2 atom stereocenters. The first-order valence-corrected chi connectivity index (χ1v) is 6.49. The second kappa shape index (κ2) is 4.50. The summed E-state index contributed by atoms with van der Waals surface area (Å²) < 4.78 is 5.52. The van der Waals surface area contributed by atoms with Crippen LogP contribution >= 0.6 is 0 Å². The molecule has 2 saturated heterocycles. The second-order valence-corrected chi connectivity index (χ2v) is 5.37. The largest absolute Gasteiger partial charge is 0.385 e. The Kier molecular flexibility index (Phi) is 2.98. The van der Waals surface area contributed by atoms with Gasteiger partial charge in [-0.1, -0.05) is 30.9 Å². The molecule has 0 aromatic heterocycles. The van der Waals surface area contributed by atoms with Gasteiger partial charge >= 0.3 is 0 Å². The van der Waals surface area contributed by atoms with Crippen LogP contribution in [-0.4, -0.2) is 30.4 Å². The highest BCUT2D eigenvalue weighted by atomic mass is 16.5. The van der Waals surface area contributed by atoms with Crippen LogP contribution in [0.2, 0.25) is 0 Å². The van der Waals surface area contributed by atoms with Crippen LogP contribution in [0.25, 0.3) is 6.08 Å². The first-order chi connectivity index (χ1) is 8.69. The van der Waals surface area contributed by atoms with Gasteiger partial charge in [-0.05, 0) is 30.0 Å². The molecule has 2 aliphatic heterocycles. The van der Waals surface area contributed by atoms with Gasteiger partial charge in [0.2, 0.25) is 0 Å². The topological polar surface area (TPSA) is 41.5 Å². The van der Waals surface area contributed by atoms with Gasteiger partial charge in [-0.2, -0.15) is 0 Å². The third-order valence-corrected chi connectivity index (χ3v) is 3.94. The van der Waals surface area contributed by atoms with Crippen LogP contribution in [-0.2, 0) is 10.3 Å². The number of aliphatic hydroxyl groups is 1. The number of piperidine rings is 1. The summed E-state index contributed by atoms with van der Waals surface area (Å²) in [6.45, 7) is 5.17. The third-order valence-electron chi connectivity index (χ3n) is 3.94. The summed E-state index contributed by atoms with van der Waals surface area (Å²) in [7, 11) is 0. The normalized spacial score (nSPS) is 35.2. The molecular formula is C15H19NO2. The molecule has 2 heterocycles. The lowest BCUT2D eigenvalue weighted by Gasteiger charge is -2.45. The molecule has 3 heteroatoms. The summed E-state index contributed by atoms with van der Waals surface area (Å²) >= 11 is 0. The Balaban J connectivity index is 1.91. The summed E-state index contributed by atoms with van der Waals surface area (Å²) in [6, 6.07) is 8.55. The van der Waals surface area contributed by atoms with Crippen molar-refractivity contribution in [1.82, 2.24) is 5.32 Å². The number of hydrogen-bond donors (Lipinski definition) is 2.